The molecule has 1 aromatic carbocycles. The average molecular weight is 299 g/mol. The van der Waals surface area contributed by atoms with Crippen molar-refractivity contribution in [2.75, 3.05) is 0 Å². The smallest absolute Gasteiger partial charge is 0.241 e. The zero-order valence-electron chi connectivity index (χ0n) is 12.7. The second-order valence-electron chi connectivity index (χ2n) is 5.33. The maximum atomic E-state index is 12.6. The van der Waals surface area contributed by atoms with Crippen LogP contribution in [0.25, 0.3) is 0 Å². The minimum Gasteiger partial charge on any atom is -0.392 e. The van der Waals surface area contributed by atoms with E-state index in [1.165, 1.54) is 0 Å². The summed E-state index contributed by atoms with van der Waals surface area (Å²) in [6.45, 7) is 7.74. The van der Waals surface area contributed by atoms with Crippen molar-refractivity contribution in [2.45, 2.75) is 58.1 Å². The second kappa shape index (κ2) is 7.20. The van der Waals surface area contributed by atoms with Gasteiger partial charge in [-0.2, -0.15) is 0 Å². The number of nitrogens with one attached hydrogen (secondary N) is 1. The van der Waals surface area contributed by atoms with E-state index >= 15 is 0 Å². The van der Waals surface area contributed by atoms with E-state index in [-0.39, 0.29) is 23.5 Å². The number of aliphatic hydroxyl groups is 1. The lowest BCUT2D eigenvalue weighted by Gasteiger charge is -2.21. The fraction of sp³-hybridized carbons (Fsp3) is 0.600. The minimum atomic E-state index is -3.55. The number of benzene rings is 1. The van der Waals surface area contributed by atoms with Crippen molar-refractivity contribution in [3.05, 3.63) is 29.3 Å². The van der Waals surface area contributed by atoms with Crippen LogP contribution in [0.3, 0.4) is 0 Å². The van der Waals surface area contributed by atoms with Crippen LogP contribution in [0.4, 0.5) is 0 Å². The predicted molar refractivity (Wildman–Crippen MR) is 81.0 cm³/mol. The Balaban J connectivity index is 3.20. The molecule has 1 unspecified atom stereocenters. The van der Waals surface area contributed by atoms with E-state index in [9.17, 15) is 13.5 Å². The molecule has 0 saturated carbocycles. The molecule has 0 heterocycles. The van der Waals surface area contributed by atoms with Gasteiger partial charge in [-0.1, -0.05) is 39.8 Å². The van der Waals surface area contributed by atoms with Gasteiger partial charge in [0.05, 0.1) is 11.5 Å². The highest BCUT2D eigenvalue weighted by molar-refractivity contribution is 7.89. The van der Waals surface area contributed by atoms with Crippen LogP contribution in [0.2, 0.25) is 0 Å². The molecule has 0 aliphatic heterocycles. The van der Waals surface area contributed by atoms with Crippen LogP contribution in [0.15, 0.2) is 23.1 Å². The summed E-state index contributed by atoms with van der Waals surface area (Å²) in [5.74, 6) is 0.237. The zero-order valence-corrected chi connectivity index (χ0v) is 13.5. The molecule has 0 aliphatic rings. The van der Waals surface area contributed by atoms with Crippen molar-refractivity contribution >= 4 is 10.0 Å². The molecule has 1 atom stereocenters. The van der Waals surface area contributed by atoms with E-state index in [0.717, 1.165) is 12.0 Å². The van der Waals surface area contributed by atoms with Crippen LogP contribution >= 0.6 is 0 Å². The second-order valence-corrected chi connectivity index (χ2v) is 7.02. The number of rotatable bonds is 7. The normalized spacial score (nSPS) is 13.7. The predicted octanol–water partition coefficient (Wildman–Crippen LogP) is 2.45. The van der Waals surface area contributed by atoms with Crippen molar-refractivity contribution in [3.63, 3.8) is 0 Å². The van der Waals surface area contributed by atoms with Crippen LogP contribution in [0, 0.1) is 5.92 Å². The Bertz CT molecular complexity index is 538. The molecule has 0 radical (unpaired) electrons. The quantitative estimate of drug-likeness (QED) is 0.812. The third kappa shape index (κ3) is 4.04. The highest BCUT2D eigenvalue weighted by Gasteiger charge is 2.23. The Labute approximate surface area is 122 Å². The standard InChI is InChI=1S/C15H25NO3S/c1-5-13-8-7-12(10-17)9-15(13)20(18,19)16-14(6-2)11(3)4/h7-9,11,14,16-17H,5-6,10H2,1-4H3. The van der Waals surface area contributed by atoms with Crippen molar-refractivity contribution in [1.29, 1.82) is 0 Å². The largest absolute Gasteiger partial charge is 0.392 e. The SMILES string of the molecule is CCc1ccc(CO)cc1S(=O)(=O)NC(CC)C(C)C. The number of aryl methyl sites for hydroxylation is 1. The van der Waals surface area contributed by atoms with Crippen molar-refractivity contribution in [1.82, 2.24) is 4.72 Å². The van der Waals surface area contributed by atoms with Gasteiger partial charge in [0, 0.05) is 6.04 Å². The number of hydrogen-bond acceptors (Lipinski definition) is 3. The Morgan fingerprint density at radius 2 is 1.90 bits per heavy atom. The lowest BCUT2D eigenvalue weighted by molar-refractivity contribution is 0.281. The zero-order chi connectivity index (χ0) is 15.3. The molecule has 0 spiro atoms. The van der Waals surface area contributed by atoms with E-state index in [0.29, 0.717) is 12.0 Å². The minimum absolute atomic E-state index is 0.0810. The molecule has 1 rings (SSSR count). The Morgan fingerprint density at radius 3 is 2.35 bits per heavy atom. The highest BCUT2D eigenvalue weighted by Crippen LogP contribution is 2.20. The monoisotopic (exact) mass is 299 g/mol. The summed E-state index contributed by atoms with van der Waals surface area (Å²) >= 11 is 0. The summed E-state index contributed by atoms with van der Waals surface area (Å²) in [5, 5.41) is 9.19. The lowest BCUT2D eigenvalue weighted by Crippen LogP contribution is -2.38. The molecule has 20 heavy (non-hydrogen) atoms. The number of hydrogen-bond donors (Lipinski definition) is 2. The van der Waals surface area contributed by atoms with Gasteiger partial charge >= 0.3 is 0 Å². The maximum absolute atomic E-state index is 12.6. The molecule has 0 aliphatic carbocycles. The third-order valence-corrected chi connectivity index (χ3v) is 5.11. The molecular weight excluding hydrogens is 274 g/mol. The van der Waals surface area contributed by atoms with Gasteiger partial charge in [-0.3, -0.25) is 0 Å². The van der Waals surface area contributed by atoms with Crippen molar-refractivity contribution in [2.24, 2.45) is 5.92 Å². The molecule has 0 aromatic heterocycles. The molecule has 0 saturated heterocycles. The van der Waals surface area contributed by atoms with Gasteiger partial charge in [-0.05, 0) is 36.0 Å². The van der Waals surface area contributed by atoms with Crippen LogP contribution in [-0.2, 0) is 23.1 Å². The molecule has 114 valence electrons. The molecule has 1 aromatic rings. The van der Waals surface area contributed by atoms with Gasteiger partial charge in [0.15, 0.2) is 0 Å². The first-order valence-electron chi connectivity index (χ1n) is 7.10. The number of sulfonamides is 1. The van der Waals surface area contributed by atoms with E-state index in [2.05, 4.69) is 4.72 Å². The van der Waals surface area contributed by atoms with Gasteiger partial charge in [0.2, 0.25) is 10.0 Å². The maximum Gasteiger partial charge on any atom is 0.241 e. The summed E-state index contributed by atoms with van der Waals surface area (Å²) < 4.78 is 27.9. The molecule has 4 nitrogen and oxygen atoms in total. The van der Waals surface area contributed by atoms with E-state index < -0.39 is 10.0 Å². The molecule has 2 N–H and O–H groups in total. The highest BCUT2D eigenvalue weighted by atomic mass is 32.2. The van der Waals surface area contributed by atoms with E-state index in [1.54, 1.807) is 18.2 Å². The summed E-state index contributed by atoms with van der Waals surface area (Å²) in [5.41, 5.74) is 1.38. The van der Waals surface area contributed by atoms with Gasteiger partial charge in [0.1, 0.15) is 0 Å². The summed E-state index contributed by atoms with van der Waals surface area (Å²) in [6.07, 6.45) is 1.39. The van der Waals surface area contributed by atoms with Crippen LogP contribution < -0.4 is 4.72 Å². The first-order chi connectivity index (χ1) is 9.35. The fourth-order valence-corrected chi connectivity index (χ4v) is 4.02. The Kier molecular flexibility index (Phi) is 6.17. The average Bonchev–Trinajstić information content (AvgIpc) is 2.43. The topological polar surface area (TPSA) is 66.4 Å². The van der Waals surface area contributed by atoms with Crippen LogP contribution in [-0.4, -0.2) is 19.6 Å². The van der Waals surface area contributed by atoms with Crippen LogP contribution in [0.5, 0.6) is 0 Å². The van der Waals surface area contributed by atoms with Crippen molar-refractivity contribution in [3.8, 4) is 0 Å². The summed E-state index contributed by atoms with van der Waals surface area (Å²) in [7, 11) is -3.55. The summed E-state index contributed by atoms with van der Waals surface area (Å²) in [6, 6.07) is 5.02. The molecule has 0 fully saturated rings. The van der Waals surface area contributed by atoms with Gasteiger partial charge < -0.3 is 5.11 Å². The number of aliphatic hydroxyl groups excluding tert-OH is 1. The van der Waals surface area contributed by atoms with Crippen LogP contribution in [0.1, 0.15) is 45.2 Å². The third-order valence-electron chi connectivity index (χ3n) is 3.54. The Morgan fingerprint density at radius 1 is 1.25 bits per heavy atom. The van der Waals surface area contributed by atoms with Gasteiger partial charge in [-0.15, -0.1) is 0 Å². The first kappa shape index (κ1) is 17.1. The molecular formula is C15H25NO3S. The summed E-state index contributed by atoms with van der Waals surface area (Å²) in [4.78, 5) is 0.283. The van der Waals surface area contributed by atoms with Gasteiger partial charge in [-0.25, -0.2) is 13.1 Å². The molecule has 0 bridgehead atoms. The lowest BCUT2D eigenvalue weighted by atomic mass is 10.0. The van der Waals surface area contributed by atoms with E-state index in [4.69, 9.17) is 0 Å². The molecule has 0 amide bonds. The van der Waals surface area contributed by atoms with Crippen molar-refractivity contribution < 1.29 is 13.5 Å². The molecule has 5 heteroatoms. The van der Waals surface area contributed by atoms with Gasteiger partial charge in [0.25, 0.3) is 0 Å². The van der Waals surface area contributed by atoms with E-state index in [1.807, 2.05) is 27.7 Å². The first-order valence-corrected chi connectivity index (χ1v) is 8.59. The Hall–Kier alpha value is -0.910. The fourth-order valence-electron chi connectivity index (χ4n) is 2.19.